The van der Waals surface area contributed by atoms with E-state index in [1.165, 1.54) is 0 Å². The zero-order valence-electron chi connectivity index (χ0n) is 9.92. The zero-order chi connectivity index (χ0) is 11.1. The van der Waals surface area contributed by atoms with Crippen LogP contribution in [0.3, 0.4) is 0 Å². The first-order valence-electron chi connectivity index (χ1n) is 5.55. The minimum absolute atomic E-state index is 0.00806. The van der Waals surface area contributed by atoms with Crippen molar-refractivity contribution in [3.63, 3.8) is 0 Å². The highest BCUT2D eigenvalue weighted by Gasteiger charge is 2.20. The molecule has 1 amide bonds. The molecule has 0 aromatic rings. The predicted molar refractivity (Wildman–Crippen MR) is 59.9 cm³/mol. The van der Waals surface area contributed by atoms with E-state index in [0.717, 1.165) is 19.5 Å². The molecule has 3 nitrogen and oxygen atoms in total. The Morgan fingerprint density at radius 2 is 1.93 bits per heavy atom. The van der Waals surface area contributed by atoms with Crippen LogP contribution < -0.4 is 5.73 Å². The molecular weight excluding hydrogens is 176 g/mol. The topological polar surface area (TPSA) is 46.3 Å². The summed E-state index contributed by atoms with van der Waals surface area (Å²) >= 11 is 0. The lowest BCUT2D eigenvalue weighted by atomic mass is 10.0. The minimum Gasteiger partial charge on any atom is -0.342 e. The largest absolute Gasteiger partial charge is 0.342 e. The van der Waals surface area contributed by atoms with E-state index >= 15 is 0 Å². The van der Waals surface area contributed by atoms with Gasteiger partial charge < -0.3 is 10.6 Å². The molecule has 0 rings (SSSR count). The lowest BCUT2D eigenvalue weighted by molar-refractivity contribution is -0.135. The molecule has 1 atom stereocenters. The van der Waals surface area contributed by atoms with Gasteiger partial charge >= 0.3 is 0 Å². The zero-order valence-corrected chi connectivity index (χ0v) is 9.92. The summed E-state index contributed by atoms with van der Waals surface area (Å²) in [6, 6.07) is 0. The smallest absolute Gasteiger partial charge is 0.226 e. The summed E-state index contributed by atoms with van der Waals surface area (Å²) in [5.74, 6) is 0.745. The molecule has 0 aliphatic heterocycles. The van der Waals surface area contributed by atoms with Gasteiger partial charge in [-0.15, -0.1) is 0 Å². The molecule has 3 heteroatoms. The summed E-state index contributed by atoms with van der Waals surface area (Å²) < 4.78 is 0. The maximum absolute atomic E-state index is 11.9. The van der Waals surface area contributed by atoms with Crippen LogP contribution in [0.25, 0.3) is 0 Å². The van der Waals surface area contributed by atoms with Gasteiger partial charge in [-0.05, 0) is 19.3 Å². The number of rotatable bonds is 6. The van der Waals surface area contributed by atoms with Crippen molar-refractivity contribution in [3.05, 3.63) is 0 Å². The van der Waals surface area contributed by atoms with Crippen molar-refractivity contribution in [2.24, 2.45) is 17.6 Å². The molecule has 0 spiro atoms. The van der Waals surface area contributed by atoms with Gasteiger partial charge in [0.15, 0.2) is 0 Å². The Kier molecular flexibility index (Phi) is 6.54. The Morgan fingerprint density at radius 3 is 2.21 bits per heavy atom. The highest BCUT2D eigenvalue weighted by atomic mass is 16.2. The van der Waals surface area contributed by atoms with E-state index in [-0.39, 0.29) is 11.8 Å². The van der Waals surface area contributed by atoms with Crippen LogP contribution in [0.1, 0.15) is 34.1 Å². The maximum Gasteiger partial charge on any atom is 0.226 e. The summed E-state index contributed by atoms with van der Waals surface area (Å²) in [4.78, 5) is 13.8. The van der Waals surface area contributed by atoms with Gasteiger partial charge in [0, 0.05) is 19.6 Å². The van der Waals surface area contributed by atoms with E-state index in [1.54, 1.807) is 0 Å². The van der Waals surface area contributed by atoms with E-state index < -0.39 is 0 Å². The van der Waals surface area contributed by atoms with Crippen molar-refractivity contribution >= 4 is 5.91 Å². The summed E-state index contributed by atoms with van der Waals surface area (Å²) in [5, 5.41) is 0. The number of hydrogen-bond donors (Lipinski definition) is 1. The molecule has 0 saturated heterocycles. The Bertz CT molecular complexity index is 165. The summed E-state index contributed by atoms with van der Waals surface area (Å²) in [5.41, 5.74) is 5.56. The lowest BCUT2D eigenvalue weighted by Crippen LogP contribution is -2.40. The number of nitrogens with zero attached hydrogens (tertiary/aromatic N) is 1. The fraction of sp³-hybridized carbons (Fsp3) is 0.909. The van der Waals surface area contributed by atoms with Crippen LogP contribution in [0.4, 0.5) is 0 Å². The van der Waals surface area contributed by atoms with Crippen molar-refractivity contribution in [2.75, 3.05) is 19.6 Å². The highest BCUT2D eigenvalue weighted by Crippen LogP contribution is 2.08. The van der Waals surface area contributed by atoms with E-state index in [1.807, 2.05) is 18.7 Å². The van der Waals surface area contributed by atoms with Crippen LogP contribution in [0.5, 0.6) is 0 Å². The van der Waals surface area contributed by atoms with Crippen LogP contribution in [0.2, 0.25) is 0 Å². The quantitative estimate of drug-likeness (QED) is 0.706. The molecule has 0 bridgehead atoms. The van der Waals surface area contributed by atoms with Crippen molar-refractivity contribution in [2.45, 2.75) is 34.1 Å². The third kappa shape index (κ3) is 4.09. The molecular formula is C11H24N2O. The van der Waals surface area contributed by atoms with Crippen LogP contribution in [-0.4, -0.2) is 30.4 Å². The Labute approximate surface area is 87.6 Å². The van der Waals surface area contributed by atoms with E-state index in [0.29, 0.717) is 12.5 Å². The first-order valence-corrected chi connectivity index (χ1v) is 5.55. The second kappa shape index (κ2) is 6.82. The van der Waals surface area contributed by atoms with Crippen LogP contribution in [0.15, 0.2) is 0 Å². The van der Waals surface area contributed by atoms with Gasteiger partial charge in [0.25, 0.3) is 0 Å². The maximum atomic E-state index is 11.9. The number of carbonyl (C=O) groups excluding carboxylic acids is 1. The van der Waals surface area contributed by atoms with Gasteiger partial charge in [-0.25, -0.2) is 0 Å². The standard InChI is InChI=1S/C11H24N2O/c1-5-10(7-12)11(14)13(6-2)8-9(3)4/h9-10H,5-8,12H2,1-4H3. The molecule has 0 aromatic heterocycles. The fourth-order valence-electron chi connectivity index (χ4n) is 1.52. The van der Waals surface area contributed by atoms with E-state index in [2.05, 4.69) is 13.8 Å². The first-order chi connectivity index (χ1) is 6.56. The molecule has 0 fully saturated rings. The van der Waals surface area contributed by atoms with Crippen molar-refractivity contribution in [3.8, 4) is 0 Å². The molecule has 0 aliphatic rings. The Hall–Kier alpha value is -0.570. The first kappa shape index (κ1) is 13.4. The number of amides is 1. The average Bonchev–Trinajstić information content (AvgIpc) is 2.15. The monoisotopic (exact) mass is 200 g/mol. The van der Waals surface area contributed by atoms with Gasteiger partial charge in [-0.3, -0.25) is 4.79 Å². The van der Waals surface area contributed by atoms with Gasteiger partial charge in [0.2, 0.25) is 5.91 Å². The minimum atomic E-state index is 0.00806. The Morgan fingerprint density at radius 1 is 1.36 bits per heavy atom. The molecule has 2 N–H and O–H groups in total. The molecule has 0 radical (unpaired) electrons. The average molecular weight is 200 g/mol. The molecule has 0 saturated carbocycles. The molecule has 1 unspecified atom stereocenters. The third-order valence-electron chi connectivity index (χ3n) is 2.41. The van der Waals surface area contributed by atoms with Crippen molar-refractivity contribution in [1.82, 2.24) is 4.90 Å². The predicted octanol–water partition coefficient (Wildman–Crippen LogP) is 1.48. The van der Waals surface area contributed by atoms with E-state index in [4.69, 9.17) is 5.73 Å². The van der Waals surface area contributed by atoms with Crippen LogP contribution in [0, 0.1) is 11.8 Å². The molecule has 0 aromatic carbocycles. The molecule has 84 valence electrons. The van der Waals surface area contributed by atoms with Crippen molar-refractivity contribution < 1.29 is 4.79 Å². The van der Waals surface area contributed by atoms with Gasteiger partial charge in [0.05, 0.1) is 5.92 Å². The lowest BCUT2D eigenvalue weighted by Gasteiger charge is -2.26. The fourth-order valence-corrected chi connectivity index (χ4v) is 1.52. The molecule has 0 heterocycles. The summed E-state index contributed by atoms with van der Waals surface area (Å²) in [6.07, 6.45) is 0.837. The second-order valence-corrected chi connectivity index (χ2v) is 4.11. The number of hydrogen-bond acceptors (Lipinski definition) is 2. The summed E-state index contributed by atoms with van der Waals surface area (Å²) in [6.45, 7) is 10.4. The number of carbonyl (C=O) groups is 1. The highest BCUT2D eigenvalue weighted by molar-refractivity contribution is 5.79. The SMILES string of the molecule is CCC(CN)C(=O)N(CC)CC(C)C. The second-order valence-electron chi connectivity index (χ2n) is 4.11. The summed E-state index contributed by atoms with van der Waals surface area (Å²) in [7, 11) is 0. The van der Waals surface area contributed by atoms with Crippen LogP contribution >= 0.6 is 0 Å². The van der Waals surface area contributed by atoms with E-state index in [9.17, 15) is 4.79 Å². The van der Waals surface area contributed by atoms with Crippen LogP contribution in [-0.2, 0) is 4.79 Å². The van der Waals surface area contributed by atoms with Gasteiger partial charge in [0.1, 0.15) is 0 Å². The normalized spacial score (nSPS) is 13.0. The van der Waals surface area contributed by atoms with Gasteiger partial charge in [-0.2, -0.15) is 0 Å². The molecule has 0 aliphatic carbocycles. The Balaban J connectivity index is 4.28. The third-order valence-corrected chi connectivity index (χ3v) is 2.41. The van der Waals surface area contributed by atoms with Gasteiger partial charge in [-0.1, -0.05) is 20.8 Å². The molecule has 14 heavy (non-hydrogen) atoms. The number of nitrogens with two attached hydrogens (primary N) is 1. The van der Waals surface area contributed by atoms with Crippen molar-refractivity contribution in [1.29, 1.82) is 0 Å².